The van der Waals surface area contributed by atoms with E-state index in [1.54, 1.807) is 0 Å². The summed E-state index contributed by atoms with van der Waals surface area (Å²) in [4.78, 5) is 0. The number of nitriles is 1. The van der Waals surface area contributed by atoms with E-state index in [0.29, 0.717) is 6.42 Å². The molecule has 0 aliphatic heterocycles. The first kappa shape index (κ1) is 11.4. The fourth-order valence-electron chi connectivity index (χ4n) is 1.05. The van der Waals surface area contributed by atoms with Crippen LogP contribution in [0, 0.1) is 11.3 Å². The third kappa shape index (κ3) is 4.32. The molecule has 0 aliphatic rings. The van der Waals surface area contributed by atoms with Gasteiger partial charge in [0, 0.05) is 12.1 Å². The van der Waals surface area contributed by atoms with Crippen LogP contribution in [0.2, 0.25) is 0 Å². The lowest BCUT2D eigenvalue weighted by Gasteiger charge is -2.27. The van der Waals surface area contributed by atoms with Gasteiger partial charge in [0.05, 0.1) is 12.1 Å². The second-order valence-electron chi connectivity index (χ2n) is 3.59. The van der Waals surface area contributed by atoms with Crippen molar-refractivity contribution in [3.05, 3.63) is 0 Å². The van der Waals surface area contributed by atoms with Crippen molar-refractivity contribution >= 4 is 0 Å². The Morgan fingerprint density at radius 3 is 2.50 bits per heavy atom. The van der Waals surface area contributed by atoms with Gasteiger partial charge in [-0.25, -0.2) is 0 Å². The second kappa shape index (κ2) is 5.13. The molecule has 1 unspecified atom stereocenters. The minimum Gasteiger partial charge on any atom is -0.396 e. The van der Waals surface area contributed by atoms with Crippen LogP contribution in [0.3, 0.4) is 0 Å². The van der Waals surface area contributed by atoms with E-state index in [4.69, 9.17) is 10.4 Å². The molecule has 0 heterocycles. The molecule has 0 aromatic heterocycles. The summed E-state index contributed by atoms with van der Waals surface area (Å²) in [7, 11) is 0. The van der Waals surface area contributed by atoms with E-state index >= 15 is 0 Å². The van der Waals surface area contributed by atoms with E-state index in [2.05, 4.69) is 11.4 Å². The molecule has 3 nitrogen and oxygen atoms in total. The Balaban J connectivity index is 3.95. The molecule has 0 aromatic rings. The zero-order chi connectivity index (χ0) is 9.61. The van der Waals surface area contributed by atoms with E-state index in [-0.39, 0.29) is 18.2 Å². The Labute approximate surface area is 74.4 Å². The Morgan fingerprint density at radius 1 is 1.58 bits per heavy atom. The third-order valence-electron chi connectivity index (χ3n) is 1.87. The van der Waals surface area contributed by atoms with Crippen LogP contribution in [0.5, 0.6) is 0 Å². The first-order valence-corrected chi connectivity index (χ1v) is 4.34. The van der Waals surface area contributed by atoms with Crippen molar-refractivity contribution in [3.8, 4) is 6.07 Å². The predicted molar refractivity (Wildman–Crippen MR) is 48.6 cm³/mol. The van der Waals surface area contributed by atoms with Crippen molar-refractivity contribution < 1.29 is 5.11 Å². The fourth-order valence-corrected chi connectivity index (χ4v) is 1.05. The summed E-state index contributed by atoms with van der Waals surface area (Å²) in [5.74, 6) is 0. The summed E-state index contributed by atoms with van der Waals surface area (Å²) in [6, 6.07) is 2.07. The number of hydrogen-bond acceptors (Lipinski definition) is 3. The van der Waals surface area contributed by atoms with Crippen molar-refractivity contribution in [2.24, 2.45) is 0 Å². The second-order valence-corrected chi connectivity index (χ2v) is 3.59. The maximum absolute atomic E-state index is 8.74. The summed E-state index contributed by atoms with van der Waals surface area (Å²) in [5, 5.41) is 20.6. The van der Waals surface area contributed by atoms with E-state index < -0.39 is 0 Å². The number of rotatable bonds is 5. The third-order valence-corrected chi connectivity index (χ3v) is 1.87. The Bertz CT molecular complexity index is 160. The highest BCUT2D eigenvalue weighted by atomic mass is 16.3. The fraction of sp³-hybridized carbons (Fsp3) is 0.889. The lowest BCUT2D eigenvalue weighted by atomic mass is 9.99. The summed E-state index contributed by atoms with van der Waals surface area (Å²) >= 11 is 0. The molecule has 0 rings (SSSR count). The minimum atomic E-state index is -0.148. The molecule has 12 heavy (non-hydrogen) atoms. The molecule has 0 spiro atoms. The number of aliphatic hydroxyl groups is 1. The van der Waals surface area contributed by atoms with E-state index in [0.717, 1.165) is 6.42 Å². The van der Waals surface area contributed by atoms with Crippen molar-refractivity contribution in [1.82, 2.24) is 5.32 Å². The molecule has 0 bridgehead atoms. The first-order valence-electron chi connectivity index (χ1n) is 4.34. The first-order chi connectivity index (χ1) is 5.55. The van der Waals surface area contributed by atoms with Crippen molar-refractivity contribution in [1.29, 1.82) is 5.26 Å². The van der Waals surface area contributed by atoms with Crippen molar-refractivity contribution in [3.63, 3.8) is 0 Å². The Kier molecular flexibility index (Phi) is 4.87. The molecule has 0 aliphatic carbocycles. The van der Waals surface area contributed by atoms with Crippen LogP contribution in [0.25, 0.3) is 0 Å². The van der Waals surface area contributed by atoms with Crippen LogP contribution in [0.1, 0.15) is 33.6 Å². The van der Waals surface area contributed by atoms with E-state index in [9.17, 15) is 0 Å². The highest BCUT2D eigenvalue weighted by Crippen LogP contribution is 2.09. The summed E-state index contributed by atoms with van der Waals surface area (Å²) in [6.45, 7) is 6.10. The maximum atomic E-state index is 8.74. The molecule has 3 heteroatoms. The number of nitrogens with one attached hydrogen (secondary N) is 1. The van der Waals surface area contributed by atoms with Crippen LogP contribution in [-0.2, 0) is 0 Å². The average Bonchev–Trinajstić information content (AvgIpc) is 2.00. The molecule has 0 aromatic carbocycles. The van der Waals surface area contributed by atoms with Crippen LogP contribution in [-0.4, -0.2) is 23.3 Å². The van der Waals surface area contributed by atoms with Crippen LogP contribution in [0.15, 0.2) is 0 Å². The van der Waals surface area contributed by atoms with Gasteiger partial charge >= 0.3 is 0 Å². The summed E-state index contributed by atoms with van der Waals surface area (Å²) in [5.41, 5.74) is -0.148. The van der Waals surface area contributed by atoms with Crippen molar-refractivity contribution in [2.45, 2.75) is 45.2 Å². The average molecular weight is 170 g/mol. The monoisotopic (exact) mass is 170 g/mol. The van der Waals surface area contributed by atoms with Gasteiger partial charge in [0.25, 0.3) is 0 Å². The number of hydrogen-bond donors (Lipinski definition) is 2. The molecule has 0 saturated heterocycles. The molecule has 0 fully saturated rings. The highest BCUT2D eigenvalue weighted by Gasteiger charge is 2.19. The summed E-state index contributed by atoms with van der Waals surface area (Å²) in [6.07, 6.45) is 1.47. The molecular weight excluding hydrogens is 152 g/mol. The Hall–Kier alpha value is -0.590. The number of aliphatic hydroxyl groups excluding tert-OH is 1. The van der Waals surface area contributed by atoms with E-state index in [1.165, 1.54) is 0 Å². The number of nitrogens with zero attached hydrogens (tertiary/aromatic N) is 1. The van der Waals surface area contributed by atoms with Gasteiger partial charge in [0.2, 0.25) is 0 Å². The minimum absolute atomic E-state index is 0.105. The van der Waals surface area contributed by atoms with Gasteiger partial charge in [-0.3, -0.25) is 5.32 Å². The largest absolute Gasteiger partial charge is 0.396 e. The molecule has 70 valence electrons. The zero-order valence-corrected chi connectivity index (χ0v) is 8.09. The van der Waals surface area contributed by atoms with Crippen LogP contribution >= 0.6 is 0 Å². The van der Waals surface area contributed by atoms with Gasteiger partial charge in [-0.05, 0) is 26.7 Å². The lowest BCUT2D eigenvalue weighted by Crippen LogP contribution is -2.45. The molecule has 2 N–H and O–H groups in total. The normalized spacial score (nSPS) is 13.9. The van der Waals surface area contributed by atoms with Gasteiger partial charge in [-0.1, -0.05) is 6.92 Å². The predicted octanol–water partition coefficient (Wildman–Crippen LogP) is 1.04. The smallest absolute Gasteiger partial charge is 0.0954 e. The van der Waals surface area contributed by atoms with Crippen LogP contribution < -0.4 is 5.32 Å². The topological polar surface area (TPSA) is 56.0 Å². The van der Waals surface area contributed by atoms with Gasteiger partial charge in [0.15, 0.2) is 0 Å². The molecular formula is C9H18N2O. The SMILES string of the molecule is CCC(C#N)NC(C)(C)CCO. The zero-order valence-electron chi connectivity index (χ0n) is 8.09. The summed E-state index contributed by atoms with van der Waals surface area (Å²) < 4.78 is 0. The highest BCUT2D eigenvalue weighted by molar-refractivity contribution is 4.93. The van der Waals surface area contributed by atoms with Crippen LogP contribution in [0.4, 0.5) is 0 Å². The molecule has 0 radical (unpaired) electrons. The van der Waals surface area contributed by atoms with Gasteiger partial charge in [0.1, 0.15) is 0 Å². The molecule has 0 saturated carbocycles. The quantitative estimate of drug-likeness (QED) is 0.648. The van der Waals surface area contributed by atoms with Gasteiger partial charge < -0.3 is 5.11 Å². The maximum Gasteiger partial charge on any atom is 0.0954 e. The lowest BCUT2D eigenvalue weighted by molar-refractivity contribution is 0.225. The van der Waals surface area contributed by atoms with Crippen molar-refractivity contribution in [2.75, 3.05) is 6.61 Å². The van der Waals surface area contributed by atoms with Gasteiger partial charge in [-0.15, -0.1) is 0 Å². The van der Waals surface area contributed by atoms with Gasteiger partial charge in [-0.2, -0.15) is 5.26 Å². The van der Waals surface area contributed by atoms with E-state index in [1.807, 2.05) is 20.8 Å². The standard InChI is InChI=1S/C9H18N2O/c1-4-8(7-10)11-9(2,3)5-6-12/h8,11-12H,4-6H2,1-3H3. The Morgan fingerprint density at radius 2 is 2.17 bits per heavy atom. The molecule has 1 atom stereocenters. The molecule has 0 amide bonds.